The number of phenols is 1. The van der Waals surface area contributed by atoms with Gasteiger partial charge in [-0.1, -0.05) is 37.7 Å². The molecular formula is C46H64N2O9. The molecule has 312 valence electrons. The number of carbonyl (C=O) groups is 3. The summed E-state index contributed by atoms with van der Waals surface area (Å²) in [6.07, 6.45) is 10.2. The molecule has 7 aliphatic rings. The summed E-state index contributed by atoms with van der Waals surface area (Å²) in [6.45, 7) is 5.08. The van der Waals surface area contributed by atoms with Crippen LogP contribution >= 0.6 is 0 Å². The molecular weight excluding hydrogens is 725 g/mol. The molecule has 2 saturated carbocycles. The van der Waals surface area contributed by atoms with Crippen molar-refractivity contribution in [1.29, 1.82) is 0 Å². The first-order chi connectivity index (χ1) is 27.5. The summed E-state index contributed by atoms with van der Waals surface area (Å²) in [5.74, 6) is 6.73. The number of fused-ring (bicyclic) bond motifs is 4. The van der Waals surface area contributed by atoms with Crippen molar-refractivity contribution in [2.24, 2.45) is 34.5 Å². The van der Waals surface area contributed by atoms with Crippen LogP contribution in [0, 0.1) is 46.3 Å². The van der Waals surface area contributed by atoms with Crippen LogP contribution in [0.15, 0.2) is 12.1 Å². The highest BCUT2D eigenvalue weighted by Crippen LogP contribution is 2.64. The van der Waals surface area contributed by atoms with Gasteiger partial charge in [-0.15, -0.1) is 5.92 Å². The number of aliphatic hydroxyl groups is 2. The van der Waals surface area contributed by atoms with Crippen LogP contribution in [0.25, 0.3) is 0 Å². The number of hydrogen-bond donors (Lipinski definition) is 5. The lowest BCUT2D eigenvalue weighted by Crippen LogP contribution is -2.65. The molecule has 5 N–H and O–H groups in total. The van der Waals surface area contributed by atoms with Gasteiger partial charge in [-0.25, -0.2) is 4.79 Å². The van der Waals surface area contributed by atoms with Crippen LogP contribution in [-0.4, -0.2) is 83.3 Å². The van der Waals surface area contributed by atoms with Crippen LogP contribution in [0.1, 0.15) is 146 Å². The number of hydrogen-bond acceptors (Lipinski definition) is 10. The first-order valence-electron chi connectivity index (χ1n) is 22.1. The third-order valence-electron chi connectivity index (χ3n) is 15.7. The van der Waals surface area contributed by atoms with Crippen molar-refractivity contribution in [3.63, 3.8) is 0 Å². The Morgan fingerprint density at radius 2 is 1.79 bits per heavy atom. The fourth-order valence-electron chi connectivity index (χ4n) is 13.2. The topological polar surface area (TPSA) is 164 Å². The Labute approximate surface area is 337 Å². The maximum absolute atomic E-state index is 15.1. The Morgan fingerprint density at radius 1 is 1.02 bits per heavy atom. The number of aromatic hydroxyl groups is 1. The van der Waals surface area contributed by atoms with E-state index in [0.29, 0.717) is 83.2 Å². The lowest BCUT2D eigenvalue weighted by Gasteiger charge is -2.56. The number of rotatable bonds is 7. The number of esters is 2. The molecule has 1 spiro atoms. The minimum Gasteiger partial charge on any atom is -0.504 e. The molecule has 0 aromatic heterocycles. The van der Waals surface area contributed by atoms with Gasteiger partial charge < -0.3 is 40.2 Å². The molecule has 0 bridgehead atoms. The highest BCUT2D eigenvalue weighted by molar-refractivity contribution is 5.90. The first-order valence-corrected chi connectivity index (χ1v) is 22.1. The zero-order valence-electron chi connectivity index (χ0n) is 34.0. The Morgan fingerprint density at radius 3 is 2.53 bits per heavy atom. The van der Waals surface area contributed by atoms with Gasteiger partial charge in [0.25, 0.3) is 0 Å². The molecule has 3 heterocycles. The highest BCUT2D eigenvalue weighted by Gasteiger charge is 2.60. The quantitative estimate of drug-likeness (QED) is 0.170. The van der Waals surface area contributed by atoms with Gasteiger partial charge in [0, 0.05) is 66.9 Å². The number of aliphatic hydroxyl groups excluding tert-OH is 2. The summed E-state index contributed by atoms with van der Waals surface area (Å²) in [5, 5.41) is 39.8. The largest absolute Gasteiger partial charge is 0.504 e. The predicted octanol–water partition coefficient (Wildman–Crippen LogP) is 5.77. The van der Waals surface area contributed by atoms with Crippen molar-refractivity contribution >= 4 is 17.8 Å². The molecule has 3 aliphatic heterocycles. The fourth-order valence-corrected chi connectivity index (χ4v) is 13.2. The molecule has 0 unspecified atom stereocenters. The van der Waals surface area contributed by atoms with E-state index < -0.39 is 41.2 Å². The molecule has 0 radical (unpaired) electrons. The summed E-state index contributed by atoms with van der Waals surface area (Å²) in [4.78, 5) is 41.0. The van der Waals surface area contributed by atoms with Crippen molar-refractivity contribution in [1.82, 2.24) is 10.6 Å². The summed E-state index contributed by atoms with van der Waals surface area (Å²) < 4.78 is 19.8. The van der Waals surface area contributed by atoms with Gasteiger partial charge in [0.1, 0.15) is 17.7 Å². The van der Waals surface area contributed by atoms with Gasteiger partial charge in [0.05, 0.1) is 12.7 Å². The number of piperidine rings is 2. The molecule has 1 aromatic carbocycles. The number of ether oxygens (including phenoxy) is 3. The average Bonchev–Trinajstić information content (AvgIpc) is 3.68. The first kappa shape index (κ1) is 40.4. The number of nitrogens with one attached hydrogen (secondary N) is 2. The number of amides is 1. The third kappa shape index (κ3) is 7.46. The second-order valence-electron chi connectivity index (χ2n) is 19.0. The van der Waals surface area contributed by atoms with Gasteiger partial charge in [0.15, 0.2) is 11.5 Å². The summed E-state index contributed by atoms with van der Waals surface area (Å²) >= 11 is 0. The van der Waals surface area contributed by atoms with Crippen LogP contribution in [-0.2, 0) is 23.9 Å². The molecule has 57 heavy (non-hydrogen) atoms. The van der Waals surface area contributed by atoms with E-state index in [4.69, 9.17) is 14.2 Å². The Bertz CT molecular complexity index is 1740. The Kier molecular flexibility index (Phi) is 11.6. The molecule has 10 atom stereocenters. The van der Waals surface area contributed by atoms with Crippen molar-refractivity contribution in [3.8, 4) is 23.3 Å². The minimum absolute atomic E-state index is 0.00272. The molecule has 11 nitrogen and oxygen atoms in total. The number of carbonyl (C=O) groups excluding carboxylic acids is 3. The molecule has 4 aliphatic carbocycles. The zero-order valence-corrected chi connectivity index (χ0v) is 34.0. The van der Waals surface area contributed by atoms with E-state index >= 15 is 4.79 Å². The van der Waals surface area contributed by atoms with Gasteiger partial charge >= 0.3 is 11.9 Å². The van der Waals surface area contributed by atoms with Crippen LogP contribution in [0.2, 0.25) is 0 Å². The molecule has 8 rings (SSSR count). The Hall–Kier alpha value is -3.33. The summed E-state index contributed by atoms with van der Waals surface area (Å²) in [6, 6.07) is 3.79. The predicted molar refractivity (Wildman–Crippen MR) is 212 cm³/mol. The number of benzene rings is 1. The minimum atomic E-state index is -1.10. The molecule has 4 fully saturated rings. The SMILES string of the molecule is CC(=O)O[C@@H]1C[C@H](C[C@H](C)O)CC#C[C@@H]2C[C@@H]3c4c(ccc(O)c4OC[C@H]3C3(CO)CCCC3)[C@@H]2C2(CCNCC2)[C@H](OC(=O)[C@@]23CCCC[C@@H]2CCC(=O)N3)C1. The van der Waals surface area contributed by atoms with E-state index in [9.17, 15) is 24.9 Å². The lowest BCUT2D eigenvalue weighted by atomic mass is 9.51. The fraction of sp³-hybridized carbons (Fsp3) is 0.761. The molecule has 2 saturated heterocycles. The van der Waals surface area contributed by atoms with Crippen LogP contribution in [0.5, 0.6) is 11.5 Å². The highest BCUT2D eigenvalue weighted by atomic mass is 16.6. The van der Waals surface area contributed by atoms with E-state index in [2.05, 4.69) is 22.5 Å². The molecule has 1 amide bonds. The zero-order chi connectivity index (χ0) is 40.0. The Balaban J connectivity index is 1.30. The maximum atomic E-state index is 15.1. The van der Waals surface area contributed by atoms with E-state index in [1.807, 2.05) is 6.07 Å². The monoisotopic (exact) mass is 788 g/mol. The van der Waals surface area contributed by atoms with Gasteiger partial charge in [0.2, 0.25) is 5.91 Å². The third-order valence-corrected chi connectivity index (χ3v) is 15.7. The van der Waals surface area contributed by atoms with E-state index in [-0.39, 0.29) is 65.6 Å². The lowest BCUT2D eigenvalue weighted by molar-refractivity contribution is -0.181. The van der Waals surface area contributed by atoms with Gasteiger partial charge in [-0.3, -0.25) is 9.59 Å². The number of phenolic OH excluding ortho intramolecular Hbond substituents is 1. The van der Waals surface area contributed by atoms with Crippen molar-refractivity contribution < 1.29 is 43.9 Å². The van der Waals surface area contributed by atoms with E-state index in [1.165, 1.54) is 6.92 Å². The maximum Gasteiger partial charge on any atom is 0.332 e. The normalized spacial score (nSPS) is 36.0. The van der Waals surface area contributed by atoms with Gasteiger partial charge in [-0.2, -0.15) is 0 Å². The molecule has 11 heteroatoms. The summed E-state index contributed by atoms with van der Waals surface area (Å²) in [7, 11) is 0. The van der Waals surface area contributed by atoms with Crippen LogP contribution in [0.3, 0.4) is 0 Å². The van der Waals surface area contributed by atoms with Crippen molar-refractivity contribution in [2.45, 2.75) is 159 Å². The second-order valence-corrected chi connectivity index (χ2v) is 19.0. The van der Waals surface area contributed by atoms with Crippen LogP contribution in [0.4, 0.5) is 0 Å². The second kappa shape index (κ2) is 16.4. The van der Waals surface area contributed by atoms with E-state index in [0.717, 1.165) is 56.1 Å². The van der Waals surface area contributed by atoms with Crippen molar-refractivity contribution in [3.05, 3.63) is 23.3 Å². The van der Waals surface area contributed by atoms with Gasteiger partial charge in [-0.05, 0) is 114 Å². The smallest absolute Gasteiger partial charge is 0.332 e. The summed E-state index contributed by atoms with van der Waals surface area (Å²) in [5.41, 5.74) is 0.0205. The van der Waals surface area contributed by atoms with Crippen molar-refractivity contribution in [2.75, 3.05) is 26.3 Å². The molecule has 1 aromatic rings. The van der Waals surface area contributed by atoms with Crippen LogP contribution < -0.4 is 15.4 Å². The average molecular weight is 789 g/mol. The van der Waals surface area contributed by atoms with E-state index in [1.54, 1.807) is 13.0 Å². The standard InChI is InChI=1S/C46H64N2O9/c1-28(50)22-30-8-7-9-31-24-35-36(44(27-49)15-5-6-16-44)26-55-42-37(52)13-12-34(40(35)42)41(31)45(18-20-47-21-19-45)38(25-33(23-30)56-29(2)51)57-43(54)46-17-4-3-10-32(46)11-14-39(53)48-46/h12-13,28,30-33,35-36,38,41,47,49-50,52H,3-6,8,10-11,14-27H2,1-2H3,(H,48,53)/t28-,30-,31+,32+,33+,35-,36+,38+,41+,46+/m0/s1.